The molecule has 1 fully saturated rings. The smallest absolute Gasteiger partial charge is 0.220 e. The fraction of sp³-hybridized carbons (Fsp3) is 0.632. The average Bonchev–Trinajstić information content (AvgIpc) is 2.70. The Labute approximate surface area is 189 Å². The first-order chi connectivity index (χ1) is 13.2. The predicted octanol–water partition coefficient (Wildman–Crippen LogP) is 2.21. The van der Waals surface area contributed by atoms with Crippen LogP contribution in [-0.4, -0.2) is 55.5 Å². The molecule has 1 aromatic heterocycles. The molecule has 4 N–H and O–H groups in total. The van der Waals surface area contributed by atoms with E-state index in [1.807, 2.05) is 24.0 Å². The molecule has 0 saturated carbocycles. The summed E-state index contributed by atoms with van der Waals surface area (Å²) in [4.78, 5) is 22.5. The molecular formula is C19H33IN6OS. The molecule has 0 radical (unpaired) electrons. The number of nitrogens with two attached hydrogens (primary N) is 1. The average molecular weight is 520 g/mol. The van der Waals surface area contributed by atoms with Gasteiger partial charge >= 0.3 is 0 Å². The highest BCUT2D eigenvalue weighted by molar-refractivity contribution is 14.0. The van der Waals surface area contributed by atoms with Crippen molar-refractivity contribution in [1.82, 2.24) is 15.6 Å². The van der Waals surface area contributed by atoms with Crippen molar-refractivity contribution in [3.63, 3.8) is 0 Å². The summed E-state index contributed by atoms with van der Waals surface area (Å²) < 4.78 is 0. The van der Waals surface area contributed by atoms with Crippen LogP contribution in [0, 0.1) is 5.92 Å². The normalized spacial score (nSPS) is 15.1. The van der Waals surface area contributed by atoms with E-state index in [0.29, 0.717) is 6.54 Å². The first kappa shape index (κ1) is 24.8. The number of aliphatic imine (C=N–C) groups is 1. The van der Waals surface area contributed by atoms with Crippen molar-refractivity contribution in [2.24, 2.45) is 16.6 Å². The Balaban J connectivity index is 0.00000392. The number of hydrogen-bond donors (Lipinski definition) is 3. The second kappa shape index (κ2) is 13.9. The van der Waals surface area contributed by atoms with Gasteiger partial charge in [0.05, 0.1) is 0 Å². The molecule has 0 unspecified atom stereocenters. The third-order valence-corrected chi connectivity index (χ3v) is 5.50. The molecule has 1 aromatic rings. The molecule has 0 aliphatic carbocycles. The quantitative estimate of drug-likeness (QED) is 0.200. The minimum atomic E-state index is -0.190. The number of rotatable bonds is 9. The maximum Gasteiger partial charge on any atom is 0.220 e. The number of amides is 1. The summed E-state index contributed by atoms with van der Waals surface area (Å²) in [5.41, 5.74) is 6.57. The molecule has 0 atom stereocenters. The molecular weight excluding hydrogens is 487 g/mol. The van der Waals surface area contributed by atoms with Gasteiger partial charge in [0.2, 0.25) is 5.91 Å². The molecule has 158 valence electrons. The number of aromatic nitrogens is 1. The number of hydrogen-bond acceptors (Lipinski definition) is 5. The van der Waals surface area contributed by atoms with E-state index in [9.17, 15) is 4.79 Å². The fourth-order valence-corrected chi connectivity index (χ4v) is 3.70. The number of halogens is 1. The summed E-state index contributed by atoms with van der Waals surface area (Å²) in [5.74, 6) is 2.77. The molecule has 7 nitrogen and oxygen atoms in total. The van der Waals surface area contributed by atoms with Crippen LogP contribution in [0.25, 0.3) is 0 Å². The molecule has 1 aliphatic heterocycles. The van der Waals surface area contributed by atoms with Crippen molar-refractivity contribution in [1.29, 1.82) is 0 Å². The predicted molar refractivity (Wildman–Crippen MR) is 130 cm³/mol. The topological polar surface area (TPSA) is 95.6 Å². The van der Waals surface area contributed by atoms with Gasteiger partial charge in [0.1, 0.15) is 5.82 Å². The van der Waals surface area contributed by atoms with Crippen LogP contribution in [0.5, 0.6) is 0 Å². The van der Waals surface area contributed by atoms with E-state index >= 15 is 0 Å². The summed E-state index contributed by atoms with van der Waals surface area (Å²) in [7, 11) is 1.79. The van der Waals surface area contributed by atoms with Crippen LogP contribution in [-0.2, 0) is 11.3 Å². The number of unbranched alkanes of at least 4 members (excludes halogenated alkanes) is 1. The summed E-state index contributed by atoms with van der Waals surface area (Å²) in [6.45, 7) is 3.18. The molecule has 0 aromatic carbocycles. The van der Waals surface area contributed by atoms with Crippen LogP contribution in [0.1, 0.15) is 31.2 Å². The second-order valence-electron chi connectivity index (χ2n) is 6.70. The lowest BCUT2D eigenvalue weighted by Crippen LogP contribution is -2.40. The molecule has 0 spiro atoms. The van der Waals surface area contributed by atoms with E-state index < -0.39 is 0 Å². The lowest BCUT2D eigenvalue weighted by atomic mass is 9.96. The number of carbonyl (C=O) groups excluding carboxylic acids is 1. The zero-order valence-electron chi connectivity index (χ0n) is 16.8. The van der Waals surface area contributed by atoms with Gasteiger partial charge in [-0.25, -0.2) is 4.98 Å². The Kier molecular flexibility index (Phi) is 12.3. The Morgan fingerprint density at radius 1 is 1.36 bits per heavy atom. The summed E-state index contributed by atoms with van der Waals surface area (Å²) >= 11 is 1.88. The van der Waals surface area contributed by atoms with Gasteiger partial charge in [0, 0.05) is 50.9 Å². The number of nitrogens with zero attached hydrogens (tertiary/aromatic N) is 3. The van der Waals surface area contributed by atoms with Gasteiger partial charge in [0.15, 0.2) is 5.96 Å². The monoisotopic (exact) mass is 520 g/mol. The summed E-state index contributed by atoms with van der Waals surface area (Å²) in [6.07, 6.45) is 7.87. The maximum atomic E-state index is 11.4. The van der Waals surface area contributed by atoms with Crippen LogP contribution in [0.15, 0.2) is 23.3 Å². The fourth-order valence-electron chi connectivity index (χ4n) is 3.21. The molecule has 1 amide bonds. The first-order valence-corrected chi connectivity index (χ1v) is 11.0. The van der Waals surface area contributed by atoms with Gasteiger partial charge in [-0.05, 0) is 43.8 Å². The van der Waals surface area contributed by atoms with Crippen LogP contribution >= 0.6 is 35.7 Å². The highest BCUT2D eigenvalue weighted by Gasteiger charge is 2.24. The van der Waals surface area contributed by atoms with Gasteiger partial charge in [-0.2, -0.15) is 11.8 Å². The van der Waals surface area contributed by atoms with Crippen molar-refractivity contribution >= 4 is 53.4 Å². The molecule has 2 rings (SSSR count). The van der Waals surface area contributed by atoms with Crippen molar-refractivity contribution in [2.75, 3.05) is 43.6 Å². The third-order valence-electron chi connectivity index (χ3n) is 4.80. The minimum absolute atomic E-state index is 0. The van der Waals surface area contributed by atoms with E-state index in [0.717, 1.165) is 56.2 Å². The van der Waals surface area contributed by atoms with Gasteiger partial charge in [-0.1, -0.05) is 6.07 Å². The van der Waals surface area contributed by atoms with E-state index in [-0.39, 0.29) is 35.8 Å². The van der Waals surface area contributed by atoms with Crippen LogP contribution in [0.2, 0.25) is 0 Å². The number of anilines is 1. The lowest BCUT2D eigenvalue weighted by Gasteiger charge is -2.32. The SMILES string of the molecule is CN=C(NCCCCSC)NCc1cccnc1N1CCC(C(N)=O)CC1.I. The van der Waals surface area contributed by atoms with Crippen LogP contribution < -0.4 is 21.3 Å². The first-order valence-electron chi connectivity index (χ1n) is 9.57. The Bertz CT molecular complexity index is 622. The molecule has 2 heterocycles. The van der Waals surface area contributed by atoms with E-state index in [2.05, 4.69) is 37.8 Å². The highest BCUT2D eigenvalue weighted by Crippen LogP contribution is 2.24. The molecule has 1 saturated heterocycles. The van der Waals surface area contributed by atoms with Gasteiger partial charge in [0.25, 0.3) is 0 Å². The Morgan fingerprint density at radius 3 is 2.75 bits per heavy atom. The van der Waals surface area contributed by atoms with Crippen LogP contribution in [0.4, 0.5) is 5.82 Å². The summed E-state index contributed by atoms with van der Waals surface area (Å²) in [5, 5.41) is 6.74. The molecule has 9 heteroatoms. The van der Waals surface area contributed by atoms with Gasteiger partial charge in [-0.15, -0.1) is 24.0 Å². The Hall–Kier alpha value is -1.23. The number of nitrogens with one attached hydrogen (secondary N) is 2. The molecule has 1 aliphatic rings. The van der Waals surface area contributed by atoms with Crippen LogP contribution in [0.3, 0.4) is 0 Å². The minimum Gasteiger partial charge on any atom is -0.369 e. The largest absolute Gasteiger partial charge is 0.369 e. The van der Waals surface area contributed by atoms with Crippen molar-refractivity contribution in [3.05, 3.63) is 23.9 Å². The van der Waals surface area contributed by atoms with E-state index in [1.165, 1.54) is 12.2 Å². The van der Waals surface area contributed by atoms with E-state index in [4.69, 9.17) is 5.73 Å². The number of guanidine groups is 1. The van der Waals surface area contributed by atoms with E-state index in [1.54, 1.807) is 7.05 Å². The third kappa shape index (κ3) is 8.02. The Morgan fingerprint density at radius 2 is 2.11 bits per heavy atom. The lowest BCUT2D eigenvalue weighted by molar-refractivity contribution is -0.122. The van der Waals surface area contributed by atoms with Crippen molar-refractivity contribution < 1.29 is 4.79 Å². The van der Waals surface area contributed by atoms with Crippen molar-refractivity contribution in [3.8, 4) is 0 Å². The van der Waals surface area contributed by atoms with Gasteiger partial charge < -0.3 is 21.3 Å². The standard InChI is InChI=1S/C19H32N6OS.HI/c1-21-19(23-9-3-4-13-27-2)24-14-16-6-5-10-22-18(16)25-11-7-15(8-12-25)17(20)26;/h5-6,10,15H,3-4,7-9,11-14H2,1-2H3,(H2,20,26)(H2,21,23,24);1H. The second-order valence-corrected chi connectivity index (χ2v) is 7.69. The highest BCUT2D eigenvalue weighted by atomic mass is 127. The number of primary amides is 1. The van der Waals surface area contributed by atoms with Crippen molar-refractivity contribution in [2.45, 2.75) is 32.2 Å². The number of thioether (sulfide) groups is 1. The molecule has 0 bridgehead atoms. The number of pyridine rings is 1. The summed E-state index contributed by atoms with van der Waals surface area (Å²) in [6, 6.07) is 4.04. The number of carbonyl (C=O) groups is 1. The maximum absolute atomic E-state index is 11.4. The zero-order chi connectivity index (χ0) is 19.5. The zero-order valence-corrected chi connectivity index (χ0v) is 20.0. The number of piperidine rings is 1. The molecule has 28 heavy (non-hydrogen) atoms. The van der Waals surface area contributed by atoms with Gasteiger partial charge in [-0.3, -0.25) is 9.79 Å².